The van der Waals surface area contributed by atoms with Crippen molar-refractivity contribution in [1.82, 2.24) is 0 Å². The standard InChI is InChI=1S/C58H39NO/c1-5-15-40(16-6-1)44-25-29-49(30-26-44)59(50-31-27-45(28-32-50)41-17-7-2-8-18-41)51-33-34-56-55(38-51)58-53-24-14-13-23-52(53)54(39-57(58)60-56)48-36-46(42-19-9-3-10-20-42)35-47(37-48)43-21-11-4-12-22-43/h1-39H. The third kappa shape index (κ3) is 6.51. The molecule has 0 amide bonds. The fraction of sp³-hybridized carbons (Fsp3) is 0. The van der Waals surface area contributed by atoms with Gasteiger partial charge in [0.15, 0.2) is 0 Å². The monoisotopic (exact) mass is 765 g/mol. The lowest BCUT2D eigenvalue weighted by Crippen LogP contribution is -2.09. The molecule has 11 aromatic rings. The molecule has 1 heterocycles. The number of fused-ring (bicyclic) bond motifs is 5. The molecule has 0 fully saturated rings. The zero-order valence-corrected chi connectivity index (χ0v) is 32.9. The molecule has 0 spiro atoms. The van der Waals surface area contributed by atoms with Crippen LogP contribution in [0.2, 0.25) is 0 Å². The molecular formula is C58H39NO. The quantitative estimate of drug-likeness (QED) is 0.153. The molecule has 10 aromatic carbocycles. The highest BCUT2D eigenvalue weighted by Gasteiger charge is 2.20. The van der Waals surface area contributed by atoms with Crippen LogP contribution in [0.25, 0.3) is 88.3 Å². The van der Waals surface area contributed by atoms with Crippen molar-refractivity contribution in [3.8, 4) is 55.6 Å². The minimum atomic E-state index is 0.859. The van der Waals surface area contributed by atoms with Crippen LogP contribution in [0.1, 0.15) is 0 Å². The Morgan fingerprint density at radius 1 is 0.250 bits per heavy atom. The van der Waals surface area contributed by atoms with Gasteiger partial charge >= 0.3 is 0 Å². The second kappa shape index (κ2) is 15.1. The van der Waals surface area contributed by atoms with Crippen LogP contribution in [0.4, 0.5) is 17.1 Å². The number of hydrogen-bond acceptors (Lipinski definition) is 2. The Hall–Kier alpha value is -7.94. The minimum absolute atomic E-state index is 0.859. The summed E-state index contributed by atoms with van der Waals surface area (Å²) in [5.41, 5.74) is 16.7. The first-order valence-corrected chi connectivity index (χ1v) is 20.5. The second-order valence-electron chi connectivity index (χ2n) is 15.3. The molecule has 0 aliphatic rings. The summed E-state index contributed by atoms with van der Waals surface area (Å²) in [6, 6.07) is 84.7. The van der Waals surface area contributed by atoms with Crippen LogP contribution in [-0.4, -0.2) is 0 Å². The first kappa shape index (κ1) is 35.2. The molecule has 0 N–H and O–H groups in total. The Morgan fingerprint density at radius 2 is 0.650 bits per heavy atom. The molecule has 0 unspecified atom stereocenters. The molecule has 282 valence electrons. The molecule has 1 aromatic heterocycles. The molecule has 2 heteroatoms. The van der Waals surface area contributed by atoms with Gasteiger partial charge in [-0.25, -0.2) is 0 Å². The van der Waals surface area contributed by atoms with Crippen molar-refractivity contribution in [1.29, 1.82) is 0 Å². The van der Waals surface area contributed by atoms with Crippen LogP contribution in [0, 0.1) is 0 Å². The fourth-order valence-electron chi connectivity index (χ4n) is 8.70. The summed E-state index contributed by atoms with van der Waals surface area (Å²) in [6.45, 7) is 0. The van der Waals surface area contributed by atoms with E-state index < -0.39 is 0 Å². The van der Waals surface area contributed by atoms with E-state index in [2.05, 4.69) is 241 Å². The average molecular weight is 766 g/mol. The zero-order valence-electron chi connectivity index (χ0n) is 32.9. The average Bonchev–Trinajstić information content (AvgIpc) is 3.71. The maximum absolute atomic E-state index is 6.81. The van der Waals surface area contributed by atoms with Gasteiger partial charge in [-0.3, -0.25) is 0 Å². The van der Waals surface area contributed by atoms with E-state index >= 15 is 0 Å². The van der Waals surface area contributed by atoms with Crippen molar-refractivity contribution >= 4 is 49.8 Å². The lowest BCUT2D eigenvalue weighted by molar-refractivity contribution is 0.669. The molecule has 60 heavy (non-hydrogen) atoms. The van der Waals surface area contributed by atoms with Crippen molar-refractivity contribution in [2.75, 3.05) is 4.90 Å². The van der Waals surface area contributed by atoms with Crippen LogP contribution in [-0.2, 0) is 0 Å². The molecule has 0 saturated carbocycles. The highest BCUT2D eigenvalue weighted by Crippen LogP contribution is 2.45. The Morgan fingerprint density at radius 3 is 1.15 bits per heavy atom. The van der Waals surface area contributed by atoms with E-state index in [0.717, 1.165) is 50.1 Å². The minimum Gasteiger partial charge on any atom is -0.456 e. The van der Waals surface area contributed by atoms with Crippen molar-refractivity contribution in [2.24, 2.45) is 0 Å². The molecule has 0 saturated heterocycles. The molecule has 0 aliphatic heterocycles. The summed E-state index contributed by atoms with van der Waals surface area (Å²) in [5.74, 6) is 0. The van der Waals surface area contributed by atoms with Crippen LogP contribution in [0.5, 0.6) is 0 Å². The van der Waals surface area contributed by atoms with Gasteiger partial charge in [0, 0.05) is 27.8 Å². The van der Waals surface area contributed by atoms with Gasteiger partial charge in [-0.05, 0) is 133 Å². The first-order chi connectivity index (χ1) is 29.7. The van der Waals surface area contributed by atoms with E-state index in [1.807, 2.05) is 0 Å². The summed E-state index contributed by atoms with van der Waals surface area (Å²) in [6.07, 6.45) is 0. The molecule has 0 bridgehead atoms. The van der Waals surface area contributed by atoms with Crippen LogP contribution in [0.15, 0.2) is 241 Å². The molecule has 11 rings (SSSR count). The number of anilines is 3. The van der Waals surface area contributed by atoms with Crippen LogP contribution < -0.4 is 4.90 Å². The molecular weight excluding hydrogens is 727 g/mol. The molecule has 0 atom stereocenters. The van der Waals surface area contributed by atoms with Crippen molar-refractivity contribution < 1.29 is 4.42 Å². The predicted octanol–water partition coefficient (Wildman–Crippen LogP) is 16.5. The Balaban J connectivity index is 1.08. The van der Waals surface area contributed by atoms with Crippen LogP contribution in [0.3, 0.4) is 0 Å². The summed E-state index contributed by atoms with van der Waals surface area (Å²) in [7, 11) is 0. The van der Waals surface area contributed by atoms with Crippen molar-refractivity contribution in [3.05, 3.63) is 237 Å². The SMILES string of the molecule is c1ccc(-c2ccc(N(c3ccc(-c4ccccc4)cc3)c3ccc4oc5cc(-c6cc(-c7ccccc7)cc(-c7ccccc7)c6)c6ccccc6c5c4c3)cc2)cc1. The number of benzene rings is 10. The number of rotatable bonds is 8. The van der Waals surface area contributed by atoms with Gasteiger partial charge in [0.05, 0.1) is 0 Å². The Kier molecular flexibility index (Phi) is 8.87. The summed E-state index contributed by atoms with van der Waals surface area (Å²) < 4.78 is 6.81. The molecule has 0 radical (unpaired) electrons. The number of hydrogen-bond donors (Lipinski definition) is 0. The van der Waals surface area contributed by atoms with Gasteiger partial charge in [-0.15, -0.1) is 0 Å². The zero-order chi connectivity index (χ0) is 39.8. The lowest BCUT2D eigenvalue weighted by atomic mass is 9.90. The maximum Gasteiger partial charge on any atom is 0.136 e. The summed E-state index contributed by atoms with van der Waals surface area (Å²) in [4.78, 5) is 2.35. The molecule has 0 aliphatic carbocycles. The van der Waals surface area contributed by atoms with Gasteiger partial charge in [0.1, 0.15) is 11.2 Å². The normalized spacial score (nSPS) is 11.3. The highest BCUT2D eigenvalue weighted by atomic mass is 16.3. The van der Waals surface area contributed by atoms with Crippen molar-refractivity contribution in [3.63, 3.8) is 0 Å². The van der Waals surface area contributed by atoms with E-state index in [4.69, 9.17) is 4.42 Å². The van der Waals surface area contributed by atoms with Gasteiger partial charge in [-0.1, -0.05) is 170 Å². The predicted molar refractivity (Wildman–Crippen MR) is 253 cm³/mol. The number of nitrogens with zero attached hydrogens (tertiary/aromatic N) is 1. The van der Waals surface area contributed by atoms with Crippen LogP contribution >= 0.6 is 0 Å². The third-order valence-electron chi connectivity index (χ3n) is 11.6. The number of furan rings is 1. The van der Waals surface area contributed by atoms with Gasteiger partial charge in [0.2, 0.25) is 0 Å². The van der Waals surface area contributed by atoms with E-state index in [0.29, 0.717) is 0 Å². The Labute approximate surface area is 349 Å². The van der Waals surface area contributed by atoms with Gasteiger partial charge in [-0.2, -0.15) is 0 Å². The fourth-order valence-corrected chi connectivity index (χ4v) is 8.70. The smallest absolute Gasteiger partial charge is 0.136 e. The Bertz CT molecular complexity index is 3120. The summed E-state index contributed by atoms with van der Waals surface area (Å²) >= 11 is 0. The summed E-state index contributed by atoms with van der Waals surface area (Å²) in [5, 5.41) is 4.55. The third-order valence-corrected chi connectivity index (χ3v) is 11.6. The first-order valence-electron chi connectivity index (χ1n) is 20.5. The van der Waals surface area contributed by atoms with E-state index in [1.165, 1.54) is 55.3 Å². The topological polar surface area (TPSA) is 16.4 Å². The molecule has 2 nitrogen and oxygen atoms in total. The maximum atomic E-state index is 6.81. The lowest BCUT2D eigenvalue weighted by Gasteiger charge is -2.26. The van der Waals surface area contributed by atoms with E-state index in [1.54, 1.807) is 0 Å². The van der Waals surface area contributed by atoms with E-state index in [9.17, 15) is 0 Å². The highest BCUT2D eigenvalue weighted by molar-refractivity contribution is 6.22. The van der Waals surface area contributed by atoms with Gasteiger partial charge < -0.3 is 9.32 Å². The van der Waals surface area contributed by atoms with E-state index in [-0.39, 0.29) is 0 Å². The largest absolute Gasteiger partial charge is 0.456 e. The van der Waals surface area contributed by atoms with Gasteiger partial charge in [0.25, 0.3) is 0 Å². The second-order valence-corrected chi connectivity index (χ2v) is 15.3. The van der Waals surface area contributed by atoms with Crippen molar-refractivity contribution in [2.45, 2.75) is 0 Å².